The molecule has 0 unspecified atom stereocenters. The number of hydrogen-bond donors (Lipinski definition) is 2. The average molecular weight is 327 g/mol. The fraction of sp³-hybridized carbons (Fsp3) is 0.368. The zero-order chi connectivity index (χ0) is 17.4. The van der Waals surface area contributed by atoms with Crippen LogP contribution >= 0.6 is 0 Å². The van der Waals surface area contributed by atoms with Gasteiger partial charge in [-0.25, -0.2) is 4.98 Å². The SMILES string of the molecule is COc1ccc(CNc2ccc(C(=O)NCCC(C)C)nc2)cc1. The Bertz CT molecular complexity index is 637. The number of carbonyl (C=O) groups excluding carboxylic acids is 1. The van der Waals surface area contributed by atoms with Crippen molar-refractivity contribution in [3.63, 3.8) is 0 Å². The minimum Gasteiger partial charge on any atom is -0.497 e. The lowest BCUT2D eigenvalue weighted by atomic mass is 10.1. The van der Waals surface area contributed by atoms with Crippen LogP contribution in [0, 0.1) is 5.92 Å². The van der Waals surface area contributed by atoms with Crippen LogP contribution < -0.4 is 15.4 Å². The summed E-state index contributed by atoms with van der Waals surface area (Å²) in [6, 6.07) is 11.5. The number of methoxy groups -OCH3 is 1. The van der Waals surface area contributed by atoms with Crippen LogP contribution in [-0.4, -0.2) is 24.5 Å². The highest BCUT2D eigenvalue weighted by molar-refractivity contribution is 5.92. The minimum absolute atomic E-state index is 0.127. The van der Waals surface area contributed by atoms with E-state index < -0.39 is 0 Å². The van der Waals surface area contributed by atoms with E-state index >= 15 is 0 Å². The van der Waals surface area contributed by atoms with E-state index in [0.29, 0.717) is 24.7 Å². The van der Waals surface area contributed by atoms with Gasteiger partial charge in [0.25, 0.3) is 5.91 Å². The van der Waals surface area contributed by atoms with E-state index in [4.69, 9.17) is 4.74 Å². The van der Waals surface area contributed by atoms with Gasteiger partial charge in [-0.1, -0.05) is 26.0 Å². The number of aromatic nitrogens is 1. The third-order valence-electron chi connectivity index (χ3n) is 3.66. The number of ether oxygens (including phenoxy) is 1. The maximum atomic E-state index is 12.0. The molecule has 128 valence electrons. The van der Waals surface area contributed by atoms with Gasteiger partial charge >= 0.3 is 0 Å². The molecular weight excluding hydrogens is 302 g/mol. The summed E-state index contributed by atoms with van der Waals surface area (Å²) >= 11 is 0. The van der Waals surface area contributed by atoms with Crippen LogP contribution in [0.3, 0.4) is 0 Å². The molecule has 0 fully saturated rings. The summed E-state index contributed by atoms with van der Waals surface area (Å²) in [7, 11) is 1.65. The molecule has 1 aromatic heterocycles. The molecule has 0 aliphatic carbocycles. The molecule has 0 aliphatic rings. The van der Waals surface area contributed by atoms with E-state index in [0.717, 1.165) is 23.4 Å². The zero-order valence-corrected chi connectivity index (χ0v) is 14.5. The number of anilines is 1. The van der Waals surface area contributed by atoms with Crippen LogP contribution in [0.5, 0.6) is 5.75 Å². The van der Waals surface area contributed by atoms with E-state index in [2.05, 4.69) is 29.5 Å². The van der Waals surface area contributed by atoms with Gasteiger partial charge in [0.05, 0.1) is 19.0 Å². The Morgan fingerprint density at radius 2 is 1.92 bits per heavy atom. The quantitative estimate of drug-likeness (QED) is 0.779. The van der Waals surface area contributed by atoms with Crippen LogP contribution in [-0.2, 0) is 6.54 Å². The predicted octanol–water partition coefficient (Wildman–Crippen LogP) is 3.48. The minimum atomic E-state index is -0.127. The summed E-state index contributed by atoms with van der Waals surface area (Å²) in [5.41, 5.74) is 2.46. The van der Waals surface area contributed by atoms with Crippen molar-refractivity contribution < 1.29 is 9.53 Å². The molecule has 5 heteroatoms. The Hall–Kier alpha value is -2.56. The topological polar surface area (TPSA) is 63.2 Å². The van der Waals surface area contributed by atoms with Crippen molar-refractivity contribution in [1.29, 1.82) is 0 Å². The Morgan fingerprint density at radius 3 is 2.50 bits per heavy atom. The molecule has 0 atom stereocenters. The molecule has 5 nitrogen and oxygen atoms in total. The molecule has 0 radical (unpaired) electrons. The van der Waals surface area contributed by atoms with E-state index in [1.165, 1.54) is 0 Å². The lowest BCUT2D eigenvalue weighted by Gasteiger charge is -2.09. The van der Waals surface area contributed by atoms with Gasteiger partial charge in [-0.3, -0.25) is 4.79 Å². The van der Waals surface area contributed by atoms with Crippen LogP contribution in [0.25, 0.3) is 0 Å². The van der Waals surface area contributed by atoms with E-state index in [1.807, 2.05) is 30.3 Å². The van der Waals surface area contributed by atoms with Gasteiger partial charge < -0.3 is 15.4 Å². The van der Waals surface area contributed by atoms with Crippen molar-refractivity contribution in [2.45, 2.75) is 26.8 Å². The largest absolute Gasteiger partial charge is 0.497 e. The van der Waals surface area contributed by atoms with Crippen molar-refractivity contribution in [1.82, 2.24) is 10.3 Å². The van der Waals surface area contributed by atoms with E-state index in [1.54, 1.807) is 19.4 Å². The standard InChI is InChI=1S/C19H25N3O2/c1-14(2)10-11-20-19(23)18-9-6-16(13-22-18)21-12-15-4-7-17(24-3)8-5-15/h4-9,13-14,21H,10-12H2,1-3H3,(H,20,23). The van der Waals surface area contributed by atoms with Crippen LogP contribution in [0.4, 0.5) is 5.69 Å². The molecule has 0 bridgehead atoms. The van der Waals surface area contributed by atoms with E-state index in [9.17, 15) is 4.79 Å². The van der Waals surface area contributed by atoms with Gasteiger partial charge in [-0.05, 0) is 42.2 Å². The number of nitrogens with zero attached hydrogens (tertiary/aromatic N) is 1. The second kappa shape index (κ2) is 8.91. The number of carbonyl (C=O) groups is 1. The monoisotopic (exact) mass is 327 g/mol. The molecule has 1 amide bonds. The maximum Gasteiger partial charge on any atom is 0.269 e. The first-order chi connectivity index (χ1) is 11.6. The van der Waals surface area contributed by atoms with Crippen LogP contribution in [0.2, 0.25) is 0 Å². The summed E-state index contributed by atoms with van der Waals surface area (Å²) in [5, 5.41) is 6.17. The van der Waals surface area contributed by atoms with Gasteiger partial charge in [0, 0.05) is 13.1 Å². The van der Waals surface area contributed by atoms with E-state index in [-0.39, 0.29) is 5.91 Å². The normalized spacial score (nSPS) is 10.5. The number of amides is 1. The average Bonchev–Trinajstić information content (AvgIpc) is 2.60. The number of rotatable bonds is 8. The molecular formula is C19H25N3O2. The summed E-state index contributed by atoms with van der Waals surface area (Å²) in [4.78, 5) is 16.2. The van der Waals surface area contributed by atoms with Gasteiger partial charge in [0.1, 0.15) is 11.4 Å². The van der Waals surface area contributed by atoms with Gasteiger partial charge in [0.2, 0.25) is 0 Å². The van der Waals surface area contributed by atoms with Gasteiger partial charge in [0.15, 0.2) is 0 Å². The summed E-state index contributed by atoms with van der Waals surface area (Å²) in [5.74, 6) is 1.29. The molecule has 24 heavy (non-hydrogen) atoms. The molecule has 0 spiro atoms. The Morgan fingerprint density at radius 1 is 1.17 bits per heavy atom. The van der Waals surface area contributed by atoms with Crippen molar-refractivity contribution >= 4 is 11.6 Å². The Labute approximate surface area is 143 Å². The first-order valence-corrected chi connectivity index (χ1v) is 8.19. The third kappa shape index (κ3) is 5.57. The fourth-order valence-corrected chi connectivity index (χ4v) is 2.15. The second-order valence-corrected chi connectivity index (χ2v) is 6.07. The van der Waals surface area contributed by atoms with Crippen molar-refractivity contribution in [2.24, 2.45) is 5.92 Å². The molecule has 1 aromatic carbocycles. The molecule has 1 heterocycles. The molecule has 0 aliphatic heterocycles. The highest BCUT2D eigenvalue weighted by atomic mass is 16.5. The predicted molar refractivity (Wildman–Crippen MR) is 96.3 cm³/mol. The highest BCUT2D eigenvalue weighted by Crippen LogP contribution is 2.13. The summed E-state index contributed by atoms with van der Waals surface area (Å²) in [6.45, 7) is 5.63. The Balaban J connectivity index is 1.83. The maximum absolute atomic E-state index is 12.0. The zero-order valence-electron chi connectivity index (χ0n) is 14.5. The number of hydrogen-bond acceptors (Lipinski definition) is 4. The van der Waals surface area contributed by atoms with Crippen molar-refractivity contribution in [3.05, 3.63) is 53.9 Å². The molecule has 0 saturated carbocycles. The first-order valence-electron chi connectivity index (χ1n) is 8.19. The second-order valence-electron chi connectivity index (χ2n) is 6.07. The van der Waals surface area contributed by atoms with Gasteiger partial charge in [-0.2, -0.15) is 0 Å². The first kappa shape index (κ1) is 17.8. The van der Waals surface area contributed by atoms with Crippen molar-refractivity contribution in [3.8, 4) is 5.75 Å². The van der Waals surface area contributed by atoms with Crippen molar-refractivity contribution in [2.75, 3.05) is 19.0 Å². The molecule has 2 N–H and O–H groups in total. The number of nitrogens with one attached hydrogen (secondary N) is 2. The third-order valence-corrected chi connectivity index (χ3v) is 3.66. The molecule has 2 rings (SSSR count). The lowest BCUT2D eigenvalue weighted by Crippen LogP contribution is -2.26. The smallest absolute Gasteiger partial charge is 0.269 e. The number of pyridine rings is 1. The number of benzene rings is 1. The molecule has 0 saturated heterocycles. The molecule has 2 aromatic rings. The summed E-state index contributed by atoms with van der Waals surface area (Å²) in [6.07, 6.45) is 2.65. The van der Waals surface area contributed by atoms with Gasteiger partial charge in [-0.15, -0.1) is 0 Å². The highest BCUT2D eigenvalue weighted by Gasteiger charge is 2.06. The van der Waals surface area contributed by atoms with Crippen LogP contribution in [0.1, 0.15) is 36.3 Å². The van der Waals surface area contributed by atoms with Crippen LogP contribution in [0.15, 0.2) is 42.6 Å². The Kier molecular flexibility index (Phi) is 6.61. The fourth-order valence-electron chi connectivity index (χ4n) is 2.15. The lowest BCUT2D eigenvalue weighted by molar-refractivity contribution is 0.0947. The summed E-state index contributed by atoms with van der Waals surface area (Å²) < 4.78 is 5.14.